The Kier molecular flexibility index (Phi) is 4.06. The van der Waals surface area contributed by atoms with Crippen molar-refractivity contribution in [1.29, 1.82) is 0 Å². The van der Waals surface area contributed by atoms with E-state index in [9.17, 15) is 13.2 Å². The summed E-state index contributed by atoms with van der Waals surface area (Å²) >= 11 is 0.772. The van der Waals surface area contributed by atoms with Gasteiger partial charge < -0.3 is 0 Å². The molecule has 0 atom stereocenters. The van der Waals surface area contributed by atoms with E-state index in [1.165, 1.54) is 5.01 Å². The standard InChI is InChI=1S/C23H15F3N2S/c24-23(25,26)21-27-28(18-14-8-3-9-15-18)22(29-21)19(16-10-4-1-5-11-16)20(22)17-12-6-2-7-13-17/h1-15H. The van der Waals surface area contributed by atoms with E-state index in [0.29, 0.717) is 5.69 Å². The van der Waals surface area contributed by atoms with Gasteiger partial charge in [0.1, 0.15) is 0 Å². The van der Waals surface area contributed by atoms with Crippen LogP contribution >= 0.6 is 11.8 Å². The minimum Gasteiger partial charge on any atom is -0.239 e. The quantitative estimate of drug-likeness (QED) is 0.496. The molecule has 0 N–H and O–H groups in total. The molecule has 2 aliphatic rings. The average Bonchev–Trinajstić information content (AvgIpc) is 3.22. The molecule has 0 unspecified atom stereocenters. The second kappa shape index (κ2) is 6.52. The first kappa shape index (κ1) is 18.1. The van der Waals surface area contributed by atoms with Crippen LogP contribution in [0.4, 0.5) is 18.9 Å². The van der Waals surface area contributed by atoms with Gasteiger partial charge in [-0.05, 0) is 23.3 Å². The summed E-state index contributed by atoms with van der Waals surface area (Å²) in [5.74, 6) is 0. The van der Waals surface area contributed by atoms with Crippen LogP contribution in [0.15, 0.2) is 96.1 Å². The zero-order valence-corrected chi connectivity index (χ0v) is 15.9. The smallest absolute Gasteiger partial charge is 0.239 e. The number of para-hydroxylation sites is 1. The predicted octanol–water partition coefficient (Wildman–Crippen LogP) is 6.44. The van der Waals surface area contributed by atoms with Gasteiger partial charge in [-0.15, -0.1) is 0 Å². The first-order valence-electron chi connectivity index (χ1n) is 9.08. The first-order valence-corrected chi connectivity index (χ1v) is 9.89. The van der Waals surface area contributed by atoms with E-state index in [1.54, 1.807) is 12.1 Å². The zero-order chi connectivity index (χ0) is 20.1. The third-order valence-electron chi connectivity index (χ3n) is 4.97. The Balaban J connectivity index is 1.70. The van der Waals surface area contributed by atoms with Crippen LogP contribution in [0.5, 0.6) is 0 Å². The highest BCUT2D eigenvalue weighted by Crippen LogP contribution is 2.69. The van der Waals surface area contributed by atoms with Gasteiger partial charge >= 0.3 is 6.18 Å². The second-order valence-electron chi connectivity index (χ2n) is 6.78. The van der Waals surface area contributed by atoms with Crippen LogP contribution in [-0.4, -0.2) is 16.1 Å². The molecule has 0 aromatic heterocycles. The molecule has 0 bridgehead atoms. The SMILES string of the molecule is FC(F)(F)C1=NN(c2ccccc2)C2(S1)C(c1ccccc1)=C2c1ccccc1. The molecule has 3 aromatic carbocycles. The summed E-state index contributed by atoms with van der Waals surface area (Å²) in [6, 6.07) is 28.1. The maximum absolute atomic E-state index is 13.7. The molecule has 1 aliphatic carbocycles. The minimum absolute atomic E-state index is 0.624. The normalized spacial score (nSPS) is 17.6. The van der Waals surface area contributed by atoms with Crippen molar-refractivity contribution >= 4 is 33.6 Å². The van der Waals surface area contributed by atoms with Crippen molar-refractivity contribution in [3.05, 3.63) is 102 Å². The highest BCUT2D eigenvalue weighted by Gasteiger charge is 2.66. The number of alkyl halides is 3. The van der Waals surface area contributed by atoms with Crippen molar-refractivity contribution in [2.24, 2.45) is 5.10 Å². The number of benzene rings is 3. The monoisotopic (exact) mass is 408 g/mol. The summed E-state index contributed by atoms with van der Waals surface area (Å²) < 4.78 is 41.0. The Bertz CT molecular complexity index is 1060. The van der Waals surface area contributed by atoms with Crippen LogP contribution in [0.2, 0.25) is 0 Å². The Morgan fingerprint density at radius 3 is 1.59 bits per heavy atom. The summed E-state index contributed by atoms with van der Waals surface area (Å²) in [6.45, 7) is 0. The van der Waals surface area contributed by atoms with Gasteiger partial charge in [-0.3, -0.25) is 0 Å². The van der Waals surface area contributed by atoms with Gasteiger partial charge in [0, 0.05) is 11.1 Å². The Hall–Kier alpha value is -2.99. The lowest BCUT2D eigenvalue weighted by Gasteiger charge is -2.26. The number of nitrogens with zero attached hydrogens (tertiary/aromatic N) is 2. The lowest BCUT2D eigenvalue weighted by atomic mass is 10.1. The lowest BCUT2D eigenvalue weighted by Crippen LogP contribution is -2.30. The highest BCUT2D eigenvalue weighted by atomic mass is 32.2. The van der Waals surface area contributed by atoms with Crippen LogP contribution < -0.4 is 5.01 Å². The van der Waals surface area contributed by atoms with Crippen LogP contribution in [0.25, 0.3) is 11.1 Å². The van der Waals surface area contributed by atoms with E-state index in [1.807, 2.05) is 78.9 Å². The van der Waals surface area contributed by atoms with Crippen molar-refractivity contribution in [3.8, 4) is 0 Å². The van der Waals surface area contributed by atoms with Crippen molar-refractivity contribution < 1.29 is 13.2 Å². The molecule has 29 heavy (non-hydrogen) atoms. The molecule has 0 saturated carbocycles. The van der Waals surface area contributed by atoms with Gasteiger partial charge in [0.05, 0.1) is 5.69 Å². The molecule has 0 radical (unpaired) electrons. The molecule has 5 rings (SSSR count). The Labute approximate surface area is 170 Å². The Morgan fingerprint density at radius 1 is 0.690 bits per heavy atom. The summed E-state index contributed by atoms with van der Waals surface area (Å²) in [5.41, 5.74) is 4.15. The van der Waals surface area contributed by atoms with Gasteiger partial charge in [-0.2, -0.15) is 18.3 Å². The van der Waals surface area contributed by atoms with E-state index in [4.69, 9.17) is 0 Å². The number of hydrogen-bond donors (Lipinski definition) is 0. The van der Waals surface area contributed by atoms with Crippen molar-refractivity contribution in [1.82, 2.24) is 0 Å². The first-order chi connectivity index (χ1) is 14.0. The molecule has 144 valence electrons. The van der Waals surface area contributed by atoms with Crippen LogP contribution in [-0.2, 0) is 0 Å². The third kappa shape index (κ3) is 2.86. The molecule has 1 heterocycles. The number of halogens is 3. The number of anilines is 1. The van der Waals surface area contributed by atoms with Gasteiger partial charge in [-0.1, -0.05) is 90.6 Å². The van der Waals surface area contributed by atoms with E-state index in [0.717, 1.165) is 34.0 Å². The largest absolute Gasteiger partial charge is 0.441 e. The van der Waals surface area contributed by atoms with E-state index in [-0.39, 0.29) is 0 Å². The summed E-state index contributed by atoms with van der Waals surface area (Å²) in [6.07, 6.45) is -4.51. The molecule has 0 amide bonds. The second-order valence-corrected chi connectivity index (χ2v) is 7.96. The summed E-state index contributed by atoms with van der Waals surface area (Å²) in [5, 5.41) is 4.73. The van der Waals surface area contributed by atoms with Gasteiger partial charge in [-0.25, -0.2) is 5.01 Å². The molecule has 0 saturated heterocycles. The topological polar surface area (TPSA) is 15.6 Å². The maximum Gasteiger partial charge on any atom is 0.441 e. The van der Waals surface area contributed by atoms with Gasteiger partial charge in [0.25, 0.3) is 0 Å². The van der Waals surface area contributed by atoms with Gasteiger partial charge in [0.2, 0.25) is 5.04 Å². The molecular weight excluding hydrogens is 393 g/mol. The summed E-state index contributed by atoms with van der Waals surface area (Å²) in [7, 11) is 0. The fourth-order valence-corrected chi connectivity index (χ4v) is 5.09. The zero-order valence-electron chi connectivity index (χ0n) is 15.1. The molecule has 0 fully saturated rings. The van der Waals surface area contributed by atoms with Crippen LogP contribution in [0.1, 0.15) is 11.1 Å². The summed E-state index contributed by atoms with van der Waals surface area (Å²) in [4.78, 5) is -1.01. The third-order valence-corrected chi connectivity index (χ3v) is 6.35. The minimum atomic E-state index is -4.51. The van der Waals surface area contributed by atoms with E-state index < -0.39 is 16.1 Å². The maximum atomic E-state index is 13.7. The fraction of sp³-hybridized carbons (Fsp3) is 0.0870. The average molecular weight is 408 g/mol. The Morgan fingerprint density at radius 2 is 1.14 bits per heavy atom. The van der Waals surface area contributed by atoms with Crippen molar-refractivity contribution in [3.63, 3.8) is 0 Å². The van der Waals surface area contributed by atoms with Gasteiger partial charge in [0.15, 0.2) is 4.87 Å². The van der Waals surface area contributed by atoms with E-state index in [2.05, 4.69) is 5.10 Å². The van der Waals surface area contributed by atoms with E-state index >= 15 is 0 Å². The van der Waals surface area contributed by atoms with Crippen molar-refractivity contribution in [2.45, 2.75) is 11.0 Å². The number of hydrogen-bond acceptors (Lipinski definition) is 3. The molecule has 6 heteroatoms. The number of thioether (sulfide) groups is 1. The molecule has 1 spiro atoms. The van der Waals surface area contributed by atoms with Crippen LogP contribution in [0, 0.1) is 0 Å². The molecular formula is C23H15F3N2S. The molecule has 3 aromatic rings. The molecule has 1 aliphatic heterocycles. The number of rotatable bonds is 3. The highest BCUT2D eigenvalue weighted by molar-refractivity contribution is 8.16. The molecule has 2 nitrogen and oxygen atoms in total. The lowest BCUT2D eigenvalue weighted by molar-refractivity contribution is -0.0554. The number of hydrazone groups is 1. The van der Waals surface area contributed by atoms with Crippen molar-refractivity contribution in [2.75, 3.05) is 5.01 Å². The predicted molar refractivity (Wildman–Crippen MR) is 112 cm³/mol. The van der Waals surface area contributed by atoms with Crippen LogP contribution in [0.3, 0.4) is 0 Å². The fourth-order valence-electron chi connectivity index (χ4n) is 3.75.